The summed E-state index contributed by atoms with van der Waals surface area (Å²) in [5, 5.41) is 2.80. The molecule has 0 aliphatic rings. The maximum absolute atomic E-state index is 12.5. The second-order valence-corrected chi connectivity index (χ2v) is 6.85. The van der Waals surface area contributed by atoms with Gasteiger partial charge in [0.25, 0.3) is 11.5 Å². The second kappa shape index (κ2) is 7.66. The van der Waals surface area contributed by atoms with Crippen molar-refractivity contribution in [3.63, 3.8) is 0 Å². The third kappa shape index (κ3) is 4.47. The number of hydrogen-bond acceptors (Lipinski definition) is 3. The monoisotopic (exact) mass is 392 g/mol. The Morgan fingerprint density at radius 3 is 2.62 bits per heavy atom. The fourth-order valence-electron chi connectivity index (χ4n) is 2.40. The average Bonchev–Trinajstić information content (AvgIpc) is 2.45. The third-order valence-electron chi connectivity index (χ3n) is 3.47. The van der Waals surface area contributed by atoms with Crippen molar-refractivity contribution in [2.75, 3.05) is 0 Å². The van der Waals surface area contributed by atoms with Crippen LogP contribution in [0.3, 0.4) is 0 Å². The van der Waals surface area contributed by atoms with E-state index >= 15 is 0 Å². The van der Waals surface area contributed by atoms with Gasteiger partial charge in [-0.1, -0.05) is 15.9 Å². The molecular weight excluding hydrogens is 372 g/mol. The Balaban J connectivity index is 2.21. The summed E-state index contributed by atoms with van der Waals surface area (Å²) in [5.41, 5.74) is 2.46. The van der Waals surface area contributed by atoms with Crippen molar-refractivity contribution in [1.29, 1.82) is 0 Å². The predicted molar refractivity (Wildman–Crippen MR) is 97.6 cm³/mol. The molecule has 24 heavy (non-hydrogen) atoms. The normalized spacial score (nSPS) is 10.8. The molecule has 2 aromatic rings. The van der Waals surface area contributed by atoms with Crippen molar-refractivity contribution in [1.82, 2.24) is 10.3 Å². The standard InChI is InChI=1S/C18H21BrN2O3/c1-10(2)24-16-8-13(19)5-6-14(16)17(22)20-9-15-11(3)7-12(4)21-18(15)23/h5-8,10H,9H2,1-4H3,(H,20,22)(H,21,23). The molecule has 0 spiro atoms. The molecule has 0 aliphatic heterocycles. The van der Waals surface area contributed by atoms with Gasteiger partial charge in [-0.15, -0.1) is 0 Å². The highest BCUT2D eigenvalue weighted by Gasteiger charge is 2.15. The van der Waals surface area contributed by atoms with Crippen molar-refractivity contribution in [3.05, 3.63) is 61.5 Å². The van der Waals surface area contributed by atoms with Gasteiger partial charge in [-0.05, 0) is 57.5 Å². The molecule has 0 fully saturated rings. The van der Waals surface area contributed by atoms with Gasteiger partial charge in [-0.25, -0.2) is 0 Å². The minimum absolute atomic E-state index is 0.0481. The van der Waals surface area contributed by atoms with E-state index in [1.807, 2.05) is 33.8 Å². The molecule has 0 saturated heterocycles. The van der Waals surface area contributed by atoms with Gasteiger partial charge in [-0.3, -0.25) is 9.59 Å². The Morgan fingerprint density at radius 1 is 1.29 bits per heavy atom. The first-order valence-corrected chi connectivity index (χ1v) is 8.51. The number of aryl methyl sites for hydroxylation is 2. The number of carbonyl (C=O) groups excluding carboxylic acids is 1. The number of pyridine rings is 1. The number of carbonyl (C=O) groups is 1. The van der Waals surface area contributed by atoms with Gasteiger partial charge in [0.05, 0.1) is 11.7 Å². The number of aromatic amines is 1. The Labute approximate surface area is 149 Å². The second-order valence-electron chi connectivity index (χ2n) is 5.93. The van der Waals surface area contributed by atoms with Crippen molar-refractivity contribution in [2.24, 2.45) is 0 Å². The van der Waals surface area contributed by atoms with Crippen LogP contribution >= 0.6 is 15.9 Å². The topological polar surface area (TPSA) is 71.2 Å². The minimum atomic E-state index is -0.280. The predicted octanol–water partition coefficient (Wildman–Crippen LogP) is 3.47. The summed E-state index contributed by atoms with van der Waals surface area (Å²) < 4.78 is 6.54. The van der Waals surface area contributed by atoms with Gasteiger partial charge in [0.2, 0.25) is 0 Å². The fraction of sp³-hybridized carbons (Fsp3) is 0.333. The van der Waals surface area contributed by atoms with Crippen LogP contribution in [-0.2, 0) is 6.54 Å². The van der Waals surface area contributed by atoms with Gasteiger partial charge in [0.1, 0.15) is 5.75 Å². The Morgan fingerprint density at radius 2 is 2.00 bits per heavy atom. The molecule has 0 unspecified atom stereocenters. The van der Waals surface area contributed by atoms with E-state index in [4.69, 9.17) is 4.74 Å². The molecule has 1 aromatic heterocycles. The molecule has 2 rings (SSSR count). The van der Waals surface area contributed by atoms with Crippen LogP contribution in [0.2, 0.25) is 0 Å². The highest BCUT2D eigenvalue weighted by Crippen LogP contribution is 2.25. The number of H-pyrrole nitrogens is 1. The first-order valence-electron chi connectivity index (χ1n) is 7.71. The quantitative estimate of drug-likeness (QED) is 0.817. The molecule has 1 amide bonds. The van der Waals surface area contributed by atoms with Gasteiger partial charge >= 0.3 is 0 Å². The summed E-state index contributed by atoms with van der Waals surface area (Å²) >= 11 is 3.38. The molecule has 0 radical (unpaired) electrons. The summed E-state index contributed by atoms with van der Waals surface area (Å²) in [6, 6.07) is 7.13. The third-order valence-corrected chi connectivity index (χ3v) is 3.96. The SMILES string of the molecule is Cc1cc(C)c(CNC(=O)c2ccc(Br)cc2OC(C)C)c(=O)[nH]1. The fourth-order valence-corrected chi connectivity index (χ4v) is 2.74. The van der Waals surface area contributed by atoms with E-state index in [-0.39, 0.29) is 24.1 Å². The number of rotatable bonds is 5. The summed E-state index contributed by atoms with van der Waals surface area (Å²) in [6.45, 7) is 7.65. The molecular formula is C18H21BrN2O3. The van der Waals surface area contributed by atoms with Crippen LogP contribution in [0.1, 0.15) is 41.0 Å². The molecule has 0 atom stereocenters. The molecule has 128 valence electrons. The number of amides is 1. The summed E-state index contributed by atoms with van der Waals surface area (Å²) in [4.78, 5) is 27.3. The lowest BCUT2D eigenvalue weighted by Crippen LogP contribution is -2.28. The number of hydrogen-bond donors (Lipinski definition) is 2. The number of aromatic nitrogens is 1. The van der Waals surface area contributed by atoms with Crippen LogP contribution in [0.25, 0.3) is 0 Å². The summed E-state index contributed by atoms with van der Waals surface area (Å²) in [5.74, 6) is 0.226. The molecule has 2 N–H and O–H groups in total. The molecule has 0 saturated carbocycles. The van der Waals surface area contributed by atoms with Crippen LogP contribution in [0.4, 0.5) is 0 Å². The number of ether oxygens (including phenoxy) is 1. The van der Waals surface area contributed by atoms with E-state index in [0.29, 0.717) is 16.9 Å². The Hall–Kier alpha value is -2.08. The minimum Gasteiger partial charge on any atom is -0.490 e. The lowest BCUT2D eigenvalue weighted by atomic mass is 10.1. The number of halogens is 1. The highest BCUT2D eigenvalue weighted by atomic mass is 79.9. The van der Waals surface area contributed by atoms with E-state index < -0.39 is 0 Å². The maximum Gasteiger partial charge on any atom is 0.255 e. The molecule has 6 heteroatoms. The van der Waals surface area contributed by atoms with Crippen molar-refractivity contribution < 1.29 is 9.53 Å². The largest absolute Gasteiger partial charge is 0.490 e. The van der Waals surface area contributed by atoms with Gasteiger partial charge in [0, 0.05) is 22.3 Å². The van der Waals surface area contributed by atoms with Gasteiger partial charge in [-0.2, -0.15) is 0 Å². The first-order chi connectivity index (χ1) is 11.3. The van der Waals surface area contributed by atoms with Crippen LogP contribution in [0.5, 0.6) is 5.75 Å². The highest BCUT2D eigenvalue weighted by molar-refractivity contribution is 9.10. The molecule has 0 aliphatic carbocycles. The molecule has 1 aromatic carbocycles. The van der Waals surface area contributed by atoms with Crippen molar-refractivity contribution in [3.8, 4) is 5.75 Å². The molecule has 1 heterocycles. The maximum atomic E-state index is 12.5. The van der Waals surface area contributed by atoms with Crippen LogP contribution in [0.15, 0.2) is 33.5 Å². The Kier molecular flexibility index (Phi) is 5.83. The number of nitrogens with one attached hydrogen (secondary N) is 2. The van der Waals surface area contributed by atoms with E-state index in [9.17, 15) is 9.59 Å². The van der Waals surface area contributed by atoms with E-state index in [0.717, 1.165) is 15.7 Å². The zero-order valence-electron chi connectivity index (χ0n) is 14.2. The van der Waals surface area contributed by atoms with E-state index in [1.54, 1.807) is 18.2 Å². The van der Waals surface area contributed by atoms with Crippen LogP contribution < -0.4 is 15.6 Å². The van der Waals surface area contributed by atoms with Crippen LogP contribution in [-0.4, -0.2) is 17.0 Å². The molecule has 0 bridgehead atoms. The lowest BCUT2D eigenvalue weighted by Gasteiger charge is -2.15. The van der Waals surface area contributed by atoms with Crippen LogP contribution in [0, 0.1) is 13.8 Å². The smallest absolute Gasteiger partial charge is 0.255 e. The van der Waals surface area contributed by atoms with Crippen molar-refractivity contribution in [2.45, 2.75) is 40.3 Å². The first kappa shape index (κ1) is 18.3. The number of benzene rings is 1. The van der Waals surface area contributed by atoms with Gasteiger partial charge in [0.15, 0.2) is 0 Å². The van der Waals surface area contributed by atoms with E-state index in [1.165, 1.54) is 0 Å². The summed E-state index contributed by atoms with van der Waals surface area (Å²) in [7, 11) is 0. The van der Waals surface area contributed by atoms with Gasteiger partial charge < -0.3 is 15.0 Å². The van der Waals surface area contributed by atoms with E-state index in [2.05, 4.69) is 26.2 Å². The van der Waals surface area contributed by atoms with Crippen molar-refractivity contribution >= 4 is 21.8 Å². The zero-order chi connectivity index (χ0) is 17.9. The Bertz CT molecular complexity index is 812. The zero-order valence-corrected chi connectivity index (χ0v) is 15.8. The molecule has 5 nitrogen and oxygen atoms in total. The summed E-state index contributed by atoms with van der Waals surface area (Å²) in [6.07, 6.45) is -0.0481. The lowest BCUT2D eigenvalue weighted by molar-refractivity contribution is 0.0945. The average molecular weight is 393 g/mol.